The van der Waals surface area contributed by atoms with Gasteiger partial charge in [-0.05, 0) is 17.5 Å². The van der Waals surface area contributed by atoms with Crippen LogP contribution in [0.2, 0.25) is 0 Å². The van der Waals surface area contributed by atoms with Crippen LogP contribution in [0.15, 0.2) is 60.7 Å². The third kappa shape index (κ3) is 6.60. The van der Waals surface area contributed by atoms with Crippen LogP contribution in [-0.2, 0) is 4.79 Å². The zero-order valence-electron chi connectivity index (χ0n) is 10.8. The first-order chi connectivity index (χ1) is 8.24. The molecular formula is C15H15NaO2. The van der Waals surface area contributed by atoms with Crippen molar-refractivity contribution in [3.05, 3.63) is 60.7 Å². The molecule has 0 aliphatic rings. The van der Waals surface area contributed by atoms with Gasteiger partial charge in [-0.2, -0.15) is 0 Å². The Bertz CT molecular complexity index is 403. The molecule has 0 unspecified atom stereocenters. The molecule has 88 valence electrons. The van der Waals surface area contributed by atoms with E-state index in [-0.39, 0.29) is 36.0 Å². The summed E-state index contributed by atoms with van der Waals surface area (Å²) in [6.07, 6.45) is 0.111. The number of carboxylic acid groups (broad SMARTS) is 1. The zero-order chi connectivity index (χ0) is 12.5. The number of carbonyl (C=O) groups excluding carboxylic acids is 1. The Hall–Kier alpha value is -1.09. The molecule has 0 aliphatic carbocycles. The Labute approximate surface area is 130 Å². The van der Waals surface area contributed by atoms with Gasteiger partial charge in [-0.1, -0.05) is 67.6 Å². The summed E-state index contributed by atoms with van der Waals surface area (Å²) < 4.78 is 0. The van der Waals surface area contributed by atoms with Crippen molar-refractivity contribution in [2.45, 2.75) is 13.3 Å². The number of benzene rings is 2. The van der Waals surface area contributed by atoms with E-state index >= 15 is 0 Å². The SMILES string of the molecule is CCC(=O)[O-].[Na+].c1ccc(-c2ccccc2)cc1. The van der Waals surface area contributed by atoms with Crippen molar-refractivity contribution in [1.82, 2.24) is 0 Å². The number of aliphatic carboxylic acids is 1. The van der Waals surface area contributed by atoms with Crippen molar-refractivity contribution in [1.29, 1.82) is 0 Å². The van der Waals surface area contributed by atoms with Crippen molar-refractivity contribution in [2.24, 2.45) is 0 Å². The second kappa shape index (κ2) is 9.89. The van der Waals surface area contributed by atoms with Gasteiger partial charge in [0.2, 0.25) is 0 Å². The molecule has 0 saturated carbocycles. The molecule has 2 nitrogen and oxygen atoms in total. The Balaban J connectivity index is 0.000000421. The number of carbonyl (C=O) groups is 1. The number of rotatable bonds is 2. The molecule has 0 N–H and O–H groups in total. The Morgan fingerprint density at radius 1 is 0.889 bits per heavy atom. The van der Waals surface area contributed by atoms with Gasteiger partial charge in [0.1, 0.15) is 0 Å². The fourth-order valence-corrected chi connectivity index (χ4v) is 1.26. The van der Waals surface area contributed by atoms with Crippen LogP contribution in [0.5, 0.6) is 0 Å². The van der Waals surface area contributed by atoms with Gasteiger partial charge in [0, 0.05) is 5.97 Å². The minimum Gasteiger partial charge on any atom is -0.550 e. The Morgan fingerprint density at radius 3 is 1.39 bits per heavy atom. The molecule has 18 heavy (non-hydrogen) atoms. The van der Waals surface area contributed by atoms with Crippen LogP contribution in [0.3, 0.4) is 0 Å². The topological polar surface area (TPSA) is 40.1 Å². The summed E-state index contributed by atoms with van der Waals surface area (Å²) in [7, 11) is 0. The van der Waals surface area contributed by atoms with E-state index in [4.69, 9.17) is 0 Å². The van der Waals surface area contributed by atoms with E-state index in [0.29, 0.717) is 0 Å². The number of hydrogen-bond acceptors (Lipinski definition) is 2. The van der Waals surface area contributed by atoms with Crippen LogP contribution < -0.4 is 34.7 Å². The molecule has 3 heteroatoms. The first-order valence-electron chi connectivity index (χ1n) is 5.54. The van der Waals surface area contributed by atoms with E-state index in [0.717, 1.165) is 0 Å². The van der Waals surface area contributed by atoms with E-state index in [2.05, 4.69) is 48.5 Å². The molecule has 0 atom stereocenters. The smallest absolute Gasteiger partial charge is 0.550 e. The fourth-order valence-electron chi connectivity index (χ4n) is 1.26. The van der Waals surface area contributed by atoms with Gasteiger partial charge in [0.05, 0.1) is 0 Å². The molecule has 0 bridgehead atoms. The van der Waals surface area contributed by atoms with Crippen molar-refractivity contribution >= 4 is 5.97 Å². The summed E-state index contributed by atoms with van der Waals surface area (Å²) in [5.74, 6) is -0.995. The third-order valence-corrected chi connectivity index (χ3v) is 2.17. The first kappa shape index (κ1) is 16.9. The molecule has 0 fully saturated rings. The zero-order valence-corrected chi connectivity index (χ0v) is 12.8. The predicted octanol–water partition coefficient (Wildman–Crippen LogP) is -0.496. The maximum atomic E-state index is 9.26. The van der Waals surface area contributed by atoms with Crippen LogP contribution in [0, 0.1) is 0 Å². The van der Waals surface area contributed by atoms with Crippen molar-refractivity contribution in [2.75, 3.05) is 0 Å². The maximum Gasteiger partial charge on any atom is 1.00 e. The van der Waals surface area contributed by atoms with Gasteiger partial charge in [-0.15, -0.1) is 0 Å². The minimum absolute atomic E-state index is 0. The van der Waals surface area contributed by atoms with Crippen LogP contribution in [0.1, 0.15) is 13.3 Å². The average molecular weight is 250 g/mol. The predicted molar refractivity (Wildman–Crippen MR) is 67.2 cm³/mol. The normalized spacial score (nSPS) is 8.50. The third-order valence-electron chi connectivity index (χ3n) is 2.17. The molecule has 2 aromatic carbocycles. The fraction of sp³-hybridized carbons (Fsp3) is 0.133. The van der Waals surface area contributed by atoms with Gasteiger partial charge in [0.15, 0.2) is 0 Å². The van der Waals surface area contributed by atoms with Crippen LogP contribution >= 0.6 is 0 Å². The summed E-state index contributed by atoms with van der Waals surface area (Å²) in [5, 5.41) is 9.26. The molecule has 0 spiro atoms. The molecule has 0 heterocycles. The summed E-state index contributed by atoms with van der Waals surface area (Å²) in [4.78, 5) is 9.26. The Morgan fingerprint density at radius 2 is 1.17 bits per heavy atom. The standard InChI is InChI=1S/C12H10.C3H6O2.Na/c1-3-7-11(8-4-1)12-9-5-2-6-10-12;1-2-3(4)5;/h1-10H;2H2,1H3,(H,4,5);/q;;+1/p-1. The largest absolute Gasteiger partial charge is 1.00 e. The van der Waals surface area contributed by atoms with Crippen molar-refractivity contribution in [3.8, 4) is 11.1 Å². The van der Waals surface area contributed by atoms with Gasteiger partial charge in [-0.3, -0.25) is 0 Å². The van der Waals surface area contributed by atoms with Gasteiger partial charge in [-0.25, -0.2) is 0 Å². The van der Waals surface area contributed by atoms with Gasteiger partial charge < -0.3 is 9.90 Å². The summed E-state index contributed by atoms with van der Waals surface area (Å²) in [5.41, 5.74) is 2.55. The first-order valence-corrected chi connectivity index (χ1v) is 5.54. The quantitative estimate of drug-likeness (QED) is 0.674. The summed E-state index contributed by atoms with van der Waals surface area (Å²) in [6.45, 7) is 1.54. The second-order valence-electron chi connectivity index (χ2n) is 3.46. The summed E-state index contributed by atoms with van der Waals surface area (Å²) >= 11 is 0. The molecule has 0 aromatic heterocycles. The van der Waals surface area contributed by atoms with Crippen molar-refractivity contribution in [3.63, 3.8) is 0 Å². The maximum absolute atomic E-state index is 9.26. The van der Waals surface area contributed by atoms with Crippen LogP contribution in [-0.4, -0.2) is 5.97 Å². The molecule has 0 aliphatic heterocycles. The average Bonchev–Trinajstić information content (AvgIpc) is 2.41. The van der Waals surface area contributed by atoms with Gasteiger partial charge in [0.25, 0.3) is 0 Å². The number of carboxylic acids is 1. The van der Waals surface area contributed by atoms with E-state index in [1.54, 1.807) is 0 Å². The van der Waals surface area contributed by atoms with E-state index in [1.165, 1.54) is 18.1 Å². The molecule has 0 radical (unpaired) electrons. The molecule has 0 saturated heterocycles. The van der Waals surface area contributed by atoms with E-state index in [9.17, 15) is 9.90 Å². The molecular weight excluding hydrogens is 235 g/mol. The Kier molecular flexibility index (Phi) is 9.29. The van der Waals surface area contributed by atoms with Crippen molar-refractivity contribution < 1.29 is 39.5 Å². The van der Waals surface area contributed by atoms with E-state index in [1.807, 2.05) is 12.1 Å². The van der Waals surface area contributed by atoms with E-state index < -0.39 is 5.97 Å². The minimum atomic E-state index is -0.995. The van der Waals surface area contributed by atoms with Crippen LogP contribution in [0.25, 0.3) is 11.1 Å². The molecule has 2 aromatic rings. The van der Waals surface area contributed by atoms with Gasteiger partial charge >= 0.3 is 29.6 Å². The monoisotopic (exact) mass is 250 g/mol. The van der Waals surface area contributed by atoms with Crippen LogP contribution in [0.4, 0.5) is 0 Å². The molecule has 2 rings (SSSR count). The summed E-state index contributed by atoms with van der Waals surface area (Å²) in [6, 6.07) is 20.8. The second-order valence-corrected chi connectivity index (χ2v) is 3.46. The molecule has 0 amide bonds. The number of hydrogen-bond donors (Lipinski definition) is 0.